The Morgan fingerprint density at radius 1 is 1.47 bits per heavy atom. The van der Waals surface area contributed by atoms with E-state index >= 15 is 0 Å². The molecule has 0 saturated carbocycles. The summed E-state index contributed by atoms with van der Waals surface area (Å²) in [4.78, 5) is 11.3. The lowest BCUT2D eigenvalue weighted by Crippen LogP contribution is -2.09. The van der Waals surface area contributed by atoms with Crippen molar-refractivity contribution in [1.82, 2.24) is 14.8 Å². The Bertz CT molecular complexity index is 418. The Labute approximate surface area is 118 Å². The molecule has 0 aliphatic carbocycles. The number of ether oxygens (including phenoxy) is 1. The van der Waals surface area contributed by atoms with Crippen LogP contribution in [-0.2, 0) is 22.5 Å². The molecule has 19 heavy (non-hydrogen) atoms. The number of carbonyl (C=O) groups excluding carboxylic acids is 1. The van der Waals surface area contributed by atoms with Crippen LogP contribution in [0.5, 0.6) is 0 Å². The number of hydrogen-bond donors (Lipinski definition) is 0. The average Bonchev–Trinajstić information content (AvgIpc) is 2.77. The minimum absolute atomic E-state index is 0.226. The predicted octanol–water partition coefficient (Wildman–Crippen LogP) is 2.46. The van der Waals surface area contributed by atoms with Crippen molar-refractivity contribution in [1.29, 1.82) is 0 Å². The van der Waals surface area contributed by atoms with Gasteiger partial charge in [0.25, 0.3) is 0 Å². The topological polar surface area (TPSA) is 57.0 Å². The molecule has 1 aromatic heterocycles. The van der Waals surface area contributed by atoms with Gasteiger partial charge in [-0.15, -0.1) is 16.8 Å². The summed E-state index contributed by atoms with van der Waals surface area (Å²) in [5.74, 6) is 0.987. The molecule has 0 aromatic carbocycles. The summed E-state index contributed by atoms with van der Waals surface area (Å²) in [6.07, 6.45) is 4.91. The first-order valence-corrected chi connectivity index (χ1v) is 7.52. The summed E-state index contributed by atoms with van der Waals surface area (Å²) in [6, 6.07) is 0. The minimum Gasteiger partial charge on any atom is -0.465 e. The van der Waals surface area contributed by atoms with Crippen LogP contribution in [0.4, 0.5) is 0 Å². The van der Waals surface area contributed by atoms with Gasteiger partial charge in [0.2, 0.25) is 0 Å². The van der Waals surface area contributed by atoms with Gasteiger partial charge in [-0.1, -0.05) is 31.2 Å². The van der Waals surface area contributed by atoms with Gasteiger partial charge >= 0.3 is 5.97 Å². The molecule has 6 heteroatoms. The molecule has 1 rings (SSSR count). The van der Waals surface area contributed by atoms with Crippen molar-refractivity contribution in [3.05, 3.63) is 18.5 Å². The number of aromatic nitrogens is 3. The van der Waals surface area contributed by atoms with Gasteiger partial charge in [0.1, 0.15) is 5.82 Å². The number of nitrogens with zero attached hydrogens (tertiary/aromatic N) is 3. The van der Waals surface area contributed by atoms with Gasteiger partial charge in [-0.3, -0.25) is 4.79 Å². The molecule has 1 aromatic rings. The standard InChI is InChI=1S/C13H21N3O2S/c1-4-7-8-11-14-15-13(16(11)9-5-2)19-10-12(17)18-6-3/h5H,2,4,6-10H2,1,3H3. The molecule has 0 saturated heterocycles. The van der Waals surface area contributed by atoms with Gasteiger partial charge in [-0.05, 0) is 13.3 Å². The maximum atomic E-state index is 11.3. The number of thioether (sulfide) groups is 1. The van der Waals surface area contributed by atoms with Crippen LogP contribution in [-0.4, -0.2) is 33.1 Å². The van der Waals surface area contributed by atoms with Crippen molar-refractivity contribution in [3.8, 4) is 0 Å². The lowest BCUT2D eigenvalue weighted by molar-refractivity contribution is -0.139. The first kappa shape index (κ1) is 15.8. The highest BCUT2D eigenvalue weighted by Gasteiger charge is 2.13. The minimum atomic E-state index is -0.226. The average molecular weight is 283 g/mol. The third-order valence-electron chi connectivity index (χ3n) is 2.48. The highest BCUT2D eigenvalue weighted by Crippen LogP contribution is 2.18. The molecule has 0 N–H and O–H groups in total. The highest BCUT2D eigenvalue weighted by molar-refractivity contribution is 7.99. The van der Waals surface area contributed by atoms with E-state index in [2.05, 4.69) is 23.7 Å². The molecular formula is C13H21N3O2S. The van der Waals surface area contributed by atoms with E-state index in [-0.39, 0.29) is 11.7 Å². The van der Waals surface area contributed by atoms with Crippen LogP contribution in [0.25, 0.3) is 0 Å². The van der Waals surface area contributed by atoms with E-state index in [4.69, 9.17) is 4.74 Å². The number of rotatable bonds is 9. The van der Waals surface area contributed by atoms with Gasteiger partial charge in [-0.25, -0.2) is 0 Å². The number of hydrogen-bond acceptors (Lipinski definition) is 5. The van der Waals surface area contributed by atoms with E-state index in [0.29, 0.717) is 13.2 Å². The van der Waals surface area contributed by atoms with E-state index in [1.165, 1.54) is 11.8 Å². The zero-order valence-electron chi connectivity index (χ0n) is 11.6. The van der Waals surface area contributed by atoms with Crippen molar-refractivity contribution in [2.45, 2.75) is 44.8 Å². The van der Waals surface area contributed by atoms with E-state index in [9.17, 15) is 4.79 Å². The van der Waals surface area contributed by atoms with Gasteiger partial charge in [0, 0.05) is 13.0 Å². The summed E-state index contributed by atoms with van der Waals surface area (Å²) in [5, 5.41) is 9.08. The van der Waals surface area contributed by atoms with E-state index in [0.717, 1.165) is 30.2 Å². The molecule has 1 heterocycles. The van der Waals surface area contributed by atoms with Crippen LogP contribution in [0.2, 0.25) is 0 Å². The zero-order chi connectivity index (χ0) is 14.1. The maximum absolute atomic E-state index is 11.3. The Hall–Kier alpha value is -1.30. The van der Waals surface area contributed by atoms with Crippen LogP contribution in [0.15, 0.2) is 17.8 Å². The van der Waals surface area contributed by atoms with Gasteiger partial charge in [0.15, 0.2) is 5.16 Å². The number of esters is 1. The largest absolute Gasteiger partial charge is 0.465 e. The third-order valence-corrected chi connectivity index (χ3v) is 3.42. The van der Waals surface area contributed by atoms with Crippen LogP contribution < -0.4 is 0 Å². The van der Waals surface area contributed by atoms with E-state index in [1.807, 2.05) is 10.6 Å². The fourth-order valence-corrected chi connectivity index (χ4v) is 2.35. The van der Waals surface area contributed by atoms with Crippen molar-refractivity contribution in [2.24, 2.45) is 0 Å². The second kappa shape index (κ2) is 8.74. The van der Waals surface area contributed by atoms with Crippen molar-refractivity contribution >= 4 is 17.7 Å². The Kier molecular flexibility index (Phi) is 7.25. The molecule has 0 amide bonds. The molecule has 0 aliphatic heterocycles. The molecule has 0 atom stereocenters. The SMILES string of the molecule is C=CCn1c(CCCC)nnc1SCC(=O)OCC. The van der Waals surface area contributed by atoms with Gasteiger partial charge < -0.3 is 9.30 Å². The Balaban J connectivity index is 2.68. The highest BCUT2D eigenvalue weighted by atomic mass is 32.2. The zero-order valence-corrected chi connectivity index (χ0v) is 12.4. The normalized spacial score (nSPS) is 10.4. The number of carbonyl (C=O) groups is 1. The first-order valence-electron chi connectivity index (χ1n) is 6.54. The van der Waals surface area contributed by atoms with E-state index < -0.39 is 0 Å². The molecule has 0 radical (unpaired) electrons. The summed E-state index contributed by atoms with van der Waals surface area (Å²) in [7, 11) is 0. The molecule has 0 spiro atoms. The van der Waals surface area contributed by atoms with Gasteiger partial charge in [-0.2, -0.15) is 0 Å². The first-order chi connectivity index (χ1) is 9.22. The smallest absolute Gasteiger partial charge is 0.316 e. The fourth-order valence-electron chi connectivity index (χ4n) is 1.58. The van der Waals surface area contributed by atoms with Crippen LogP contribution in [0.1, 0.15) is 32.5 Å². The van der Waals surface area contributed by atoms with E-state index in [1.54, 1.807) is 6.92 Å². The van der Waals surface area contributed by atoms with Crippen LogP contribution >= 0.6 is 11.8 Å². The predicted molar refractivity (Wildman–Crippen MR) is 76.2 cm³/mol. The van der Waals surface area contributed by atoms with Crippen molar-refractivity contribution < 1.29 is 9.53 Å². The fraction of sp³-hybridized carbons (Fsp3) is 0.615. The number of unbranched alkanes of at least 4 members (excludes halogenated alkanes) is 1. The molecule has 106 valence electrons. The van der Waals surface area contributed by atoms with Gasteiger partial charge in [0.05, 0.1) is 12.4 Å². The molecule has 0 unspecified atom stereocenters. The summed E-state index contributed by atoms with van der Waals surface area (Å²) in [6.45, 7) is 8.75. The Morgan fingerprint density at radius 3 is 2.89 bits per heavy atom. The molecule has 0 fully saturated rings. The monoisotopic (exact) mass is 283 g/mol. The van der Waals surface area contributed by atoms with Crippen LogP contribution in [0.3, 0.4) is 0 Å². The Morgan fingerprint density at radius 2 is 2.26 bits per heavy atom. The molecule has 0 bridgehead atoms. The summed E-state index contributed by atoms with van der Waals surface area (Å²) < 4.78 is 6.90. The second-order valence-corrected chi connectivity index (χ2v) is 4.94. The number of aryl methyl sites for hydroxylation is 1. The van der Waals surface area contributed by atoms with Crippen LogP contribution in [0, 0.1) is 0 Å². The molecule has 0 aliphatic rings. The lowest BCUT2D eigenvalue weighted by atomic mass is 10.2. The van der Waals surface area contributed by atoms with Crippen molar-refractivity contribution in [3.63, 3.8) is 0 Å². The summed E-state index contributed by atoms with van der Waals surface area (Å²) in [5.41, 5.74) is 0. The number of allylic oxidation sites excluding steroid dienone is 1. The van der Waals surface area contributed by atoms with Crippen molar-refractivity contribution in [2.75, 3.05) is 12.4 Å². The lowest BCUT2D eigenvalue weighted by Gasteiger charge is -2.07. The summed E-state index contributed by atoms with van der Waals surface area (Å²) >= 11 is 1.36. The quantitative estimate of drug-likeness (QED) is 0.396. The maximum Gasteiger partial charge on any atom is 0.316 e. The second-order valence-electron chi connectivity index (χ2n) is 4.00. The molecular weight excluding hydrogens is 262 g/mol. The molecule has 5 nitrogen and oxygen atoms in total. The third kappa shape index (κ3) is 5.06.